The fourth-order valence-corrected chi connectivity index (χ4v) is 0.991. The molecule has 0 unspecified atom stereocenters. The Labute approximate surface area is 97.8 Å². The number of nitrogens with one attached hydrogen (secondary N) is 1. The molecule has 0 radical (unpaired) electrons. The molecule has 0 saturated heterocycles. The second-order valence-electron chi connectivity index (χ2n) is 3.01. The molecule has 0 saturated carbocycles. The zero-order valence-electron chi connectivity index (χ0n) is 8.41. The third-order valence-electron chi connectivity index (χ3n) is 1.83. The number of halogens is 1. The predicted octanol–water partition coefficient (Wildman–Crippen LogP) is 1.90. The Balaban J connectivity index is 0.00000225. The SMILES string of the molecule is C[C@H](Nc1ccc([N+](=O)[O-])cc1)C(=O)O.Cl. The summed E-state index contributed by atoms with van der Waals surface area (Å²) in [6, 6.07) is 4.84. The third-order valence-corrected chi connectivity index (χ3v) is 1.83. The Morgan fingerprint density at radius 2 is 1.94 bits per heavy atom. The van der Waals surface area contributed by atoms with Crippen LogP contribution in [0, 0.1) is 10.1 Å². The van der Waals surface area contributed by atoms with Crippen LogP contribution >= 0.6 is 12.4 Å². The van der Waals surface area contributed by atoms with Crippen LogP contribution in [0.1, 0.15) is 6.92 Å². The van der Waals surface area contributed by atoms with Gasteiger partial charge in [-0.3, -0.25) is 14.9 Å². The molecular formula is C9H11ClN2O4. The highest BCUT2D eigenvalue weighted by atomic mass is 35.5. The van der Waals surface area contributed by atoms with Gasteiger partial charge >= 0.3 is 5.97 Å². The number of carboxylic acids is 1. The maximum Gasteiger partial charge on any atom is 0.325 e. The minimum Gasteiger partial charge on any atom is -0.480 e. The molecule has 2 N–H and O–H groups in total. The lowest BCUT2D eigenvalue weighted by atomic mass is 10.2. The Morgan fingerprint density at radius 1 is 1.44 bits per heavy atom. The summed E-state index contributed by atoms with van der Waals surface area (Å²) in [6.45, 7) is 1.49. The molecule has 1 aromatic rings. The van der Waals surface area contributed by atoms with Crippen molar-refractivity contribution in [2.24, 2.45) is 0 Å². The van der Waals surface area contributed by atoms with E-state index in [1.54, 1.807) is 0 Å². The molecule has 16 heavy (non-hydrogen) atoms. The monoisotopic (exact) mass is 246 g/mol. The summed E-state index contributed by atoms with van der Waals surface area (Å²) in [5.74, 6) is -0.978. The van der Waals surface area contributed by atoms with Crippen molar-refractivity contribution in [2.45, 2.75) is 13.0 Å². The molecule has 0 bridgehead atoms. The number of non-ortho nitro benzene ring substituents is 1. The van der Waals surface area contributed by atoms with Crippen LogP contribution in [0.3, 0.4) is 0 Å². The Kier molecular flexibility index (Phi) is 5.24. The van der Waals surface area contributed by atoms with Crippen LogP contribution in [0.15, 0.2) is 24.3 Å². The van der Waals surface area contributed by atoms with Crippen LogP contribution < -0.4 is 5.32 Å². The van der Waals surface area contributed by atoms with E-state index in [1.165, 1.54) is 31.2 Å². The minimum absolute atomic E-state index is 0. The third kappa shape index (κ3) is 3.74. The maximum absolute atomic E-state index is 10.5. The lowest BCUT2D eigenvalue weighted by molar-refractivity contribution is -0.384. The first-order chi connectivity index (χ1) is 7.00. The van der Waals surface area contributed by atoms with Gasteiger partial charge in [-0.2, -0.15) is 0 Å². The first kappa shape index (κ1) is 14.2. The van der Waals surface area contributed by atoms with Gasteiger partial charge in [-0.15, -0.1) is 12.4 Å². The lowest BCUT2D eigenvalue weighted by Gasteiger charge is -2.09. The van der Waals surface area contributed by atoms with E-state index in [0.717, 1.165) is 0 Å². The molecule has 0 spiro atoms. The van der Waals surface area contributed by atoms with Crippen LogP contribution in [-0.4, -0.2) is 22.0 Å². The Hall–Kier alpha value is -1.82. The number of rotatable bonds is 4. The van der Waals surface area contributed by atoms with E-state index in [2.05, 4.69) is 5.32 Å². The van der Waals surface area contributed by atoms with Crippen molar-refractivity contribution in [1.29, 1.82) is 0 Å². The zero-order valence-corrected chi connectivity index (χ0v) is 9.23. The number of hydrogen-bond donors (Lipinski definition) is 2. The van der Waals surface area contributed by atoms with Gasteiger partial charge in [-0.05, 0) is 19.1 Å². The van der Waals surface area contributed by atoms with Gasteiger partial charge in [0.1, 0.15) is 6.04 Å². The topological polar surface area (TPSA) is 92.5 Å². The van der Waals surface area contributed by atoms with E-state index in [1.807, 2.05) is 0 Å². The van der Waals surface area contributed by atoms with Crippen molar-refractivity contribution in [1.82, 2.24) is 0 Å². The number of nitro benzene ring substituents is 1. The second kappa shape index (κ2) is 5.92. The molecule has 6 nitrogen and oxygen atoms in total. The molecule has 0 amide bonds. The summed E-state index contributed by atoms with van der Waals surface area (Å²) < 4.78 is 0. The maximum atomic E-state index is 10.5. The summed E-state index contributed by atoms with van der Waals surface area (Å²) in [5, 5.41) is 21.6. The van der Waals surface area contributed by atoms with Gasteiger partial charge in [0.05, 0.1) is 4.92 Å². The average Bonchev–Trinajstić information content (AvgIpc) is 2.18. The fraction of sp³-hybridized carbons (Fsp3) is 0.222. The molecule has 0 aliphatic carbocycles. The Morgan fingerprint density at radius 3 is 2.31 bits per heavy atom. The van der Waals surface area contributed by atoms with Gasteiger partial charge in [0.25, 0.3) is 5.69 Å². The number of aliphatic carboxylic acids is 1. The second-order valence-corrected chi connectivity index (χ2v) is 3.01. The Bertz CT molecular complexity index is 380. The van der Waals surface area contributed by atoms with Gasteiger partial charge < -0.3 is 10.4 Å². The summed E-state index contributed by atoms with van der Waals surface area (Å²) >= 11 is 0. The van der Waals surface area contributed by atoms with Crippen LogP contribution in [0.4, 0.5) is 11.4 Å². The lowest BCUT2D eigenvalue weighted by Crippen LogP contribution is -2.25. The van der Waals surface area contributed by atoms with Crippen molar-refractivity contribution >= 4 is 29.8 Å². The standard InChI is InChI=1S/C9H10N2O4.ClH/c1-6(9(12)13)10-7-2-4-8(5-3-7)11(14)15;/h2-6,10H,1H3,(H,12,13);1H/t6-;/m0./s1. The number of carboxylic acid groups (broad SMARTS) is 1. The van der Waals surface area contributed by atoms with Crippen LogP contribution in [0.5, 0.6) is 0 Å². The molecular weight excluding hydrogens is 236 g/mol. The van der Waals surface area contributed by atoms with E-state index >= 15 is 0 Å². The predicted molar refractivity (Wildman–Crippen MR) is 61.1 cm³/mol. The average molecular weight is 247 g/mol. The van der Waals surface area contributed by atoms with Gasteiger partial charge in [0, 0.05) is 17.8 Å². The van der Waals surface area contributed by atoms with Crippen LogP contribution in [0.25, 0.3) is 0 Å². The van der Waals surface area contributed by atoms with E-state index in [9.17, 15) is 14.9 Å². The van der Waals surface area contributed by atoms with E-state index in [-0.39, 0.29) is 18.1 Å². The molecule has 1 atom stereocenters. The van der Waals surface area contributed by atoms with Crippen molar-refractivity contribution in [2.75, 3.05) is 5.32 Å². The summed E-state index contributed by atoms with van der Waals surface area (Å²) in [4.78, 5) is 20.3. The van der Waals surface area contributed by atoms with Crippen molar-refractivity contribution in [3.8, 4) is 0 Å². The van der Waals surface area contributed by atoms with E-state index in [4.69, 9.17) is 5.11 Å². The number of nitro groups is 1. The molecule has 0 aromatic heterocycles. The molecule has 0 aliphatic heterocycles. The first-order valence-corrected chi connectivity index (χ1v) is 4.24. The molecule has 0 aliphatic rings. The molecule has 0 heterocycles. The molecule has 1 aromatic carbocycles. The zero-order chi connectivity index (χ0) is 11.4. The van der Waals surface area contributed by atoms with Crippen molar-refractivity contribution < 1.29 is 14.8 Å². The number of anilines is 1. The summed E-state index contributed by atoms with van der Waals surface area (Å²) in [6.07, 6.45) is 0. The summed E-state index contributed by atoms with van der Waals surface area (Å²) in [7, 11) is 0. The molecule has 88 valence electrons. The molecule has 7 heteroatoms. The quantitative estimate of drug-likeness (QED) is 0.625. The molecule has 1 rings (SSSR count). The normalized spacial score (nSPS) is 11.1. The smallest absolute Gasteiger partial charge is 0.325 e. The minimum atomic E-state index is -0.978. The van der Waals surface area contributed by atoms with Gasteiger partial charge in [0.2, 0.25) is 0 Å². The van der Waals surface area contributed by atoms with Crippen LogP contribution in [0.2, 0.25) is 0 Å². The van der Waals surface area contributed by atoms with E-state index < -0.39 is 16.9 Å². The van der Waals surface area contributed by atoms with Crippen molar-refractivity contribution in [3.05, 3.63) is 34.4 Å². The van der Waals surface area contributed by atoms with Gasteiger partial charge in [0.15, 0.2) is 0 Å². The molecule has 0 fully saturated rings. The van der Waals surface area contributed by atoms with Crippen LogP contribution in [-0.2, 0) is 4.79 Å². The highest BCUT2D eigenvalue weighted by molar-refractivity contribution is 5.85. The van der Waals surface area contributed by atoms with E-state index in [0.29, 0.717) is 5.69 Å². The first-order valence-electron chi connectivity index (χ1n) is 4.24. The highest BCUT2D eigenvalue weighted by Crippen LogP contribution is 2.15. The number of benzene rings is 1. The van der Waals surface area contributed by atoms with Gasteiger partial charge in [-0.25, -0.2) is 0 Å². The number of carbonyl (C=O) groups is 1. The number of hydrogen-bond acceptors (Lipinski definition) is 4. The fourth-order valence-electron chi connectivity index (χ4n) is 0.991. The number of nitrogens with zero attached hydrogens (tertiary/aromatic N) is 1. The largest absolute Gasteiger partial charge is 0.480 e. The summed E-state index contributed by atoms with van der Waals surface area (Å²) in [5.41, 5.74) is 0.513. The van der Waals surface area contributed by atoms with Gasteiger partial charge in [-0.1, -0.05) is 0 Å². The highest BCUT2D eigenvalue weighted by Gasteiger charge is 2.10. The van der Waals surface area contributed by atoms with Crippen molar-refractivity contribution in [3.63, 3.8) is 0 Å².